The van der Waals surface area contributed by atoms with Crippen LogP contribution in [-0.2, 0) is 9.47 Å². The zero-order valence-electron chi connectivity index (χ0n) is 8.66. The predicted octanol–water partition coefficient (Wildman–Crippen LogP) is 1.17. The van der Waals surface area contributed by atoms with Crippen molar-refractivity contribution in [1.82, 2.24) is 0 Å². The number of rotatable bonds is 4. The van der Waals surface area contributed by atoms with Crippen molar-refractivity contribution in [3.05, 3.63) is 0 Å². The van der Waals surface area contributed by atoms with Crippen LogP contribution in [0.15, 0.2) is 0 Å². The summed E-state index contributed by atoms with van der Waals surface area (Å²) in [5.74, 6) is 0.485. The van der Waals surface area contributed by atoms with E-state index in [0.717, 1.165) is 26.1 Å². The zero-order chi connectivity index (χ0) is 9.68. The quantitative estimate of drug-likeness (QED) is 0.718. The molecule has 78 valence electrons. The van der Waals surface area contributed by atoms with Crippen molar-refractivity contribution in [3.8, 4) is 0 Å². The van der Waals surface area contributed by atoms with Crippen molar-refractivity contribution in [3.63, 3.8) is 0 Å². The Labute approximate surface area is 80.6 Å². The first kappa shape index (κ1) is 11.0. The minimum absolute atomic E-state index is 0.135. The van der Waals surface area contributed by atoms with Gasteiger partial charge in [-0.25, -0.2) is 0 Å². The Kier molecular flexibility index (Phi) is 4.70. The molecule has 3 unspecified atom stereocenters. The van der Waals surface area contributed by atoms with E-state index in [2.05, 4.69) is 6.92 Å². The second kappa shape index (κ2) is 5.58. The molecule has 1 saturated heterocycles. The topological polar surface area (TPSA) is 44.5 Å². The lowest BCUT2D eigenvalue weighted by Crippen LogP contribution is -2.45. The summed E-state index contributed by atoms with van der Waals surface area (Å²) >= 11 is 0. The molecule has 0 spiro atoms. The highest BCUT2D eigenvalue weighted by Crippen LogP contribution is 2.20. The Morgan fingerprint density at radius 2 is 2.38 bits per heavy atom. The molecular weight excluding hydrogens is 166 g/mol. The van der Waals surface area contributed by atoms with Crippen LogP contribution in [-0.4, -0.2) is 32.5 Å². The van der Waals surface area contributed by atoms with Crippen molar-refractivity contribution in [2.24, 2.45) is 11.7 Å². The third-order valence-corrected chi connectivity index (χ3v) is 2.87. The molecule has 13 heavy (non-hydrogen) atoms. The lowest BCUT2D eigenvalue weighted by molar-refractivity contribution is 0.000497. The van der Waals surface area contributed by atoms with E-state index in [1.807, 2.05) is 0 Å². The third-order valence-electron chi connectivity index (χ3n) is 2.87. The van der Waals surface area contributed by atoms with Crippen LogP contribution in [0.1, 0.15) is 26.2 Å². The van der Waals surface area contributed by atoms with Gasteiger partial charge in [0.1, 0.15) is 0 Å². The summed E-state index contributed by atoms with van der Waals surface area (Å²) in [5, 5.41) is 0. The van der Waals surface area contributed by atoms with Gasteiger partial charge in [0.15, 0.2) is 0 Å². The normalized spacial score (nSPS) is 28.4. The molecule has 0 aliphatic carbocycles. The Morgan fingerprint density at radius 3 is 2.85 bits per heavy atom. The van der Waals surface area contributed by atoms with Crippen molar-refractivity contribution in [2.75, 3.05) is 20.3 Å². The maximum Gasteiger partial charge on any atom is 0.0723 e. The van der Waals surface area contributed by atoms with E-state index < -0.39 is 0 Å². The third kappa shape index (κ3) is 2.93. The lowest BCUT2D eigenvalue weighted by atomic mass is 9.90. The van der Waals surface area contributed by atoms with E-state index in [-0.39, 0.29) is 12.1 Å². The Hall–Kier alpha value is -0.120. The molecule has 0 aromatic heterocycles. The number of nitrogens with two attached hydrogens (primary N) is 1. The molecule has 3 atom stereocenters. The molecular formula is C10H21NO2. The van der Waals surface area contributed by atoms with E-state index in [0.29, 0.717) is 5.92 Å². The van der Waals surface area contributed by atoms with Crippen LogP contribution in [0.3, 0.4) is 0 Å². The monoisotopic (exact) mass is 187 g/mol. The molecule has 0 aromatic carbocycles. The van der Waals surface area contributed by atoms with Crippen LogP contribution in [0.4, 0.5) is 0 Å². The molecule has 1 fully saturated rings. The summed E-state index contributed by atoms with van der Waals surface area (Å²) in [6, 6.07) is 0.135. The first-order valence-corrected chi connectivity index (χ1v) is 5.15. The van der Waals surface area contributed by atoms with E-state index in [1.54, 1.807) is 7.11 Å². The Bertz CT molecular complexity index is 131. The van der Waals surface area contributed by atoms with E-state index in [9.17, 15) is 0 Å². The molecule has 1 aliphatic heterocycles. The maximum atomic E-state index is 6.11. The fraction of sp³-hybridized carbons (Fsp3) is 1.00. The Balaban J connectivity index is 2.38. The van der Waals surface area contributed by atoms with Crippen LogP contribution in [0.25, 0.3) is 0 Å². The highest BCUT2D eigenvalue weighted by atomic mass is 16.5. The summed E-state index contributed by atoms with van der Waals surface area (Å²) in [6.07, 6.45) is 3.49. The molecule has 0 amide bonds. The molecule has 3 heteroatoms. The smallest absolute Gasteiger partial charge is 0.0723 e. The van der Waals surface area contributed by atoms with E-state index in [1.165, 1.54) is 6.42 Å². The standard InChI is InChI=1S/C10H21NO2/c1-3-9(12-2)10(11)8-5-4-6-13-7-8/h8-10H,3-7,11H2,1-2H3. The second-order valence-corrected chi connectivity index (χ2v) is 3.74. The average molecular weight is 187 g/mol. The van der Waals surface area contributed by atoms with Gasteiger partial charge in [-0.1, -0.05) is 6.92 Å². The summed E-state index contributed by atoms with van der Waals surface area (Å²) in [7, 11) is 1.73. The molecule has 3 nitrogen and oxygen atoms in total. The fourth-order valence-corrected chi connectivity index (χ4v) is 1.97. The summed E-state index contributed by atoms with van der Waals surface area (Å²) < 4.78 is 10.7. The van der Waals surface area contributed by atoms with Gasteiger partial charge in [0, 0.05) is 19.8 Å². The molecule has 1 rings (SSSR count). The molecule has 0 saturated carbocycles. The molecule has 2 N–H and O–H groups in total. The number of ether oxygens (including phenoxy) is 2. The number of methoxy groups -OCH3 is 1. The zero-order valence-corrected chi connectivity index (χ0v) is 8.66. The minimum Gasteiger partial charge on any atom is -0.381 e. The summed E-state index contributed by atoms with van der Waals surface area (Å²) in [5.41, 5.74) is 6.11. The van der Waals surface area contributed by atoms with Crippen LogP contribution >= 0.6 is 0 Å². The van der Waals surface area contributed by atoms with Gasteiger partial charge < -0.3 is 15.2 Å². The van der Waals surface area contributed by atoms with Crippen LogP contribution in [0, 0.1) is 5.92 Å². The SMILES string of the molecule is CCC(OC)C(N)C1CCCOC1. The largest absolute Gasteiger partial charge is 0.381 e. The van der Waals surface area contributed by atoms with Crippen molar-refractivity contribution < 1.29 is 9.47 Å². The molecule has 1 aliphatic rings. The van der Waals surface area contributed by atoms with Gasteiger partial charge in [0.05, 0.1) is 12.7 Å². The van der Waals surface area contributed by atoms with Crippen LogP contribution in [0.5, 0.6) is 0 Å². The number of hydrogen-bond donors (Lipinski definition) is 1. The first-order valence-electron chi connectivity index (χ1n) is 5.15. The summed E-state index contributed by atoms with van der Waals surface area (Å²) in [6.45, 7) is 3.81. The number of hydrogen-bond acceptors (Lipinski definition) is 3. The maximum absolute atomic E-state index is 6.11. The van der Waals surface area contributed by atoms with Gasteiger partial charge in [0.2, 0.25) is 0 Å². The molecule has 0 bridgehead atoms. The van der Waals surface area contributed by atoms with Gasteiger partial charge >= 0.3 is 0 Å². The molecule has 0 radical (unpaired) electrons. The van der Waals surface area contributed by atoms with Crippen molar-refractivity contribution >= 4 is 0 Å². The average Bonchev–Trinajstić information content (AvgIpc) is 2.21. The van der Waals surface area contributed by atoms with Crippen molar-refractivity contribution in [1.29, 1.82) is 0 Å². The minimum atomic E-state index is 0.135. The summed E-state index contributed by atoms with van der Waals surface area (Å²) in [4.78, 5) is 0. The Morgan fingerprint density at radius 1 is 1.62 bits per heavy atom. The first-order chi connectivity index (χ1) is 6.29. The molecule has 0 aromatic rings. The molecule has 1 heterocycles. The van der Waals surface area contributed by atoms with Crippen LogP contribution in [0.2, 0.25) is 0 Å². The highest BCUT2D eigenvalue weighted by molar-refractivity contribution is 4.81. The van der Waals surface area contributed by atoms with Gasteiger partial charge in [-0.3, -0.25) is 0 Å². The lowest BCUT2D eigenvalue weighted by Gasteiger charge is -2.31. The second-order valence-electron chi connectivity index (χ2n) is 3.74. The highest BCUT2D eigenvalue weighted by Gasteiger charge is 2.26. The fourth-order valence-electron chi connectivity index (χ4n) is 1.97. The van der Waals surface area contributed by atoms with E-state index >= 15 is 0 Å². The van der Waals surface area contributed by atoms with Gasteiger partial charge in [-0.05, 0) is 25.2 Å². The van der Waals surface area contributed by atoms with E-state index in [4.69, 9.17) is 15.2 Å². The van der Waals surface area contributed by atoms with Crippen LogP contribution < -0.4 is 5.73 Å². The predicted molar refractivity (Wildman–Crippen MR) is 52.6 cm³/mol. The van der Waals surface area contributed by atoms with Gasteiger partial charge in [-0.2, -0.15) is 0 Å². The van der Waals surface area contributed by atoms with Crippen molar-refractivity contribution in [2.45, 2.75) is 38.3 Å². The van der Waals surface area contributed by atoms with Gasteiger partial charge in [0.25, 0.3) is 0 Å². The van der Waals surface area contributed by atoms with Gasteiger partial charge in [-0.15, -0.1) is 0 Å².